The van der Waals surface area contributed by atoms with Gasteiger partial charge in [0.15, 0.2) is 5.75 Å². The Morgan fingerprint density at radius 2 is 1.94 bits per heavy atom. The van der Waals surface area contributed by atoms with E-state index in [1.54, 1.807) is 0 Å². The summed E-state index contributed by atoms with van der Waals surface area (Å²) in [6.45, 7) is 0. The number of ether oxygens (including phenoxy) is 1. The number of nitrogens with zero attached hydrogens (tertiary/aromatic N) is 4. The summed E-state index contributed by atoms with van der Waals surface area (Å²) < 4.78 is 5.25. The molecule has 7 heteroatoms. The minimum Gasteiger partial charge on any atom is -0.436 e. The normalized spacial score (nSPS) is 9.75. The lowest BCUT2D eigenvalue weighted by Gasteiger charge is -2.01. The van der Waals surface area contributed by atoms with Crippen LogP contribution in [-0.4, -0.2) is 19.9 Å². The molecular weight excluding hydrogens is 212 g/mol. The van der Waals surface area contributed by atoms with Crippen molar-refractivity contribution in [3.8, 4) is 11.6 Å². The summed E-state index contributed by atoms with van der Waals surface area (Å²) in [5.41, 5.74) is -0.0864. The molecule has 0 fully saturated rings. The van der Waals surface area contributed by atoms with Gasteiger partial charge in [-0.05, 0) is 0 Å². The summed E-state index contributed by atoms with van der Waals surface area (Å²) >= 11 is 0. The Balaban J connectivity index is 2.14. The van der Waals surface area contributed by atoms with Gasteiger partial charge in [0.05, 0.1) is 17.3 Å². The van der Waals surface area contributed by atoms with Crippen LogP contribution in [0.2, 0.25) is 0 Å². The van der Waals surface area contributed by atoms with Crippen LogP contribution in [0.15, 0.2) is 37.1 Å². The fourth-order valence-electron chi connectivity index (χ4n) is 1.000. The Hall–Kier alpha value is -2.57. The third-order valence-corrected chi connectivity index (χ3v) is 1.69. The van der Waals surface area contributed by atoms with Crippen LogP contribution in [0, 0.1) is 10.1 Å². The van der Waals surface area contributed by atoms with Gasteiger partial charge in [-0.25, -0.2) is 15.0 Å². The molecule has 0 amide bonds. The van der Waals surface area contributed by atoms with Crippen LogP contribution in [-0.2, 0) is 0 Å². The van der Waals surface area contributed by atoms with Gasteiger partial charge in [0.25, 0.3) is 5.69 Å². The minimum atomic E-state index is -0.525. The van der Waals surface area contributed by atoms with E-state index in [2.05, 4.69) is 15.0 Å². The molecule has 2 aromatic rings. The second-order valence-corrected chi connectivity index (χ2v) is 2.79. The van der Waals surface area contributed by atoms with Crippen molar-refractivity contribution in [3.05, 3.63) is 47.2 Å². The Morgan fingerprint density at radius 1 is 1.19 bits per heavy atom. The van der Waals surface area contributed by atoms with E-state index >= 15 is 0 Å². The highest BCUT2D eigenvalue weighted by Gasteiger charge is 2.06. The molecule has 2 rings (SSSR count). The maximum Gasteiger partial charge on any atom is 0.287 e. The van der Waals surface area contributed by atoms with Gasteiger partial charge in [0.1, 0.15) is 12.5 Å². The second-order valence-electron chi connectivity index (χ2n) is 2.79. The molecule has 2 heterocycles. The molecule has 0 N–H and O–H groups in total. The molecule has 0 spiro atoms. The number of aromatic nitrogens is 3. The van der Waals surface area contributed by atoms with Gasteiger partial charge in [-0.1, -0.05) is 0 Å². The smallest absolute Gasteiger partial charge is 0.287 e. The minimum absolute atomic E-state index is 0.0864. The molecule has 0 bridgehead atoms. The average molecular weight is 218 g/mol. The van der Waals surface area contributed by atoms with Crippen molar-refractivity contribution < 1.29 is 9.66 Å². The summed E-state index contributed by atoms with van der Waals surface area (Å²) in [6, 6.07) is 2.72. The molecule has 0 aliphatic carbocycles. The molecule has 80 valence electrons. The van der Waals surface area contributed by atoms with Crippen molar-refractivity contribution in [3.63, 3.8) is 0 Å². The maximum absolute atomic E-state index is 10.4. The highest BCUT2D eigenvalue weighted by atomic mass is 16.6. The van der Waals surface area contributed by atoms with Gasteiger partial charge < -0.3 is 4.74 Å². The van der Waals surface area contributed by atoms with Crippen molar-refractivity contribution in [2.45, 2.75) is 0 Å². The van der Waals surface area contributed by atoms with Crippen molar-refractivity contribution in [1.29, 1.82) is 0 Å². The molecule has 16 heavy (non-hydrogen) atoms. The van der Waals surface area contributed by atoms with Crippen LogP contribution in [0.5, 0.6) is 11.6 Å². The summed E-state index contributed by atoms with van der Waals surface area (Å²) in [5, 5.41) is 10.4. The van der Waals surface area contributed by atoms with Gasteiger partial charge in [0.2, 0.25) is 5.88 Å². The molecule has 2 aromatic heterocycles. The van der Waals surface area contributed by atoms with Crippen LogP contribution < -0.4 is 4.74 Å². The van der Waals surface area contributed by atoms with E-state index in [9.17, 15) is 10.1 Å². The molecule has 0 radical (unpaired) electrons. The zero-order chi connectivity index (χ0) is 11.4. The molecule has 0 aromatic carbocycles. The zero-order valence-corrected chi connectivity index (χ0v) is 7.98. The Labute approximate surface area is 89.9 Å². The summed E-state index contributed by atoms with van der Waals surface area (Å²) in [5.74, 6) is 0.671. The van der Waals surface area contributed by atoms with Gasteiger partial charge in [-0.15, -0.1) is 0 Å². The monoisotopic (exact) mass is 218 g/mol. The number of pyridine rings is 1. The molecule has 0 saturated heterocycles. The molecule has 0 aliphatic heterocycles. The molecule has 0 aliphatic rings. The predicted octanol–water partition coefficient (Wildman–Crippen LogP) is 1.57. The van der Waals surface area contributed by atoms with Crippen molar-refractivity contribution in [1.82, 2.24) is 15.0 Å². The van der Waals surface area contributed by atoms with Gasteiger partial charge in [-0.3, -0.25) is 10.1 Å². The van der Waals surface area contributed by atoms with Crippen LogP contribution in [0.4, 0.5) is 5.69 Å². The maximum atomic E-state index is 10.4. The van der Waals surface area contributed by atoms with E-state index in [0.29, 0.717) is 5.75 Å². The molecule has 0 atom stereocenters. The molecule has 0 unspecified atom stereocenters. The summed E-state index contributed by atoms with van der Waals surface area (Å²) in [7, 11) is 0. The van der Waals surface area contributed by atoms with Crippen LogP contribution in [0.3, 0.4) is 0 Å². The van der Waals surface area contributed by atoms with Crippen molar-refractivity contribution >= 4 is 5.69 Å². The van der Waals surface area contributed by atoms with Gasteiger partial charge in [-0.2, -0.15) is 0 Å². The lowest BCUT2D eigenvalue weighted by atomic mass is 10.4. The Kier molecular flexibility index (Phi) is 2.68. The first-order valence-electron chi connectivity index (χ1n) is 4.29. The average Bonchev–Trinajstić information content (AvgIpc) is 2.31. The van der Waals surface area contributed by atoms with Gasteiger partial charge >= 0.3 is 0 Å². The molecule has 0 saturated carbocycles. The van der Waals surface area contributed by atoms with E-state index in [1.807, 2.05) is 0 Å². The number of rotatable bonds is 3. The summed E-state index contributed by atoms with van der Waals surface area (Å²) in [4.78, 5) is 21.1. The van der Waals surface area contributed by atoms with E-state index in [-0.39, 0.29) is 11.6 Å². The third-order valence-electron chi connectivity index (χ3n) is 1.69. The van der Waals surface area contributed by atoms with Crippen LogP contribution in [0.1, 0.15) is 0 Å². The lowest BCUT2D eigenvalue weighted by Crippen LogP contribution is -1.92. The number of hydrogen-bond donors (Lipinski definition) is 0. The SMILES string of the molecule is O=[N+]([O-])c1ccc(Oc2cncnc2)nc1. The van der Waals surface area contributed by atoms with Crippen molar-refractivity contribution in [2.24, 2.45) is 0 Å². The topological polar surface area (TPSA) is 91.0 Å². The summed E-state index contributed by atoms with van der Waals surface area (Å²) in [6.07, 6.45) is 5.43. The second kappa shape index (κ2) is 4.30. The van der Waals surface area contributed by atoms with Crippen molar-refractivity contribution in [2.75, 3.05) is 0 Å². The Morgan fingerprint density at radius 3 is 2.50 bits per heavy atom. The van der Waals surface area contributed by atoms with E-state index in [1.165, 1.54) is 30.9 Å². The first-order chi connectivity index (χ1) is 7.75. The fraction of sp³-hybridized carbons (Fsp3) is 0. The third kappa shape index (κ3) is 2.27. The largest absolute Gasteiger partial charge is 0.436 e. The lowest BCUT2D eigenvalue weighted by molar-refractivity contribution is -0.385. The molecule has 7 nitrogen and oxygen atoms in total. The zero-order valence-electron chi connectivity index (χ0n) is 7.98. The first-order valence-corrected chi connectivity index (χ1v) is 4.29. The quantitative estimate of drug-likeness (QED) is 0.573. The van der Waals surface area contributed by atoms with E-state index in [4.69, 9.17) is 4.74 Å². The first kappa shape index (κ1) is 9.97. The highest BCUT2D eigenvalue weighted by molar-refractivity contribution is 5.30. The van der Waals surface area contributed by atoms with Gasteiger partial charge in [0, 0.05) is 12.1 Å². The fourth-order valence-corrected chi connectivity index (χ4v) is 1.000. The van der Waals surface area contributed by atoms with Crippen LogP contribution >= 0.6 is 0 Å². The van der Waals surface area contributed by atoms with Crippen LogP contribution in [0.25, 0.3) is 0 Å². The number of nitro groups is 1. The van der Waals surface area contributed by atoms with E-state index < -0.39 is 4.92 Å². The standard InChI is InChI=1S/C9H6N4O3/c14-13(15)7-1-2-9(12-3-7)16-8-4-10-6-11-5-8/h1-6H. The number of hydrogen-bond acceptors (Lipinski definition) is 6. The molecular formula is C9H6N4O3. The van der Waals surface area contributed by atoms with E-state index in [0.717, 1.165) is 6.20 Å². The predicted molar refractivity (Wildman–Crippen MR) is 53.0 cm³/mol. The highest BCUT2D eigenvalue weighted by Crippen LogP contribution is 2.19. The Bertz CT molecular complexity index is 486.